The van der Waals surface area contributed by atoms with Gasteiger partial charge in [0.25, 0.3) is 5.56 Å². The Balaban J connectivity index is 0.00000176. The second-order valence-corrected chi connectivity index (χ2v) is 4.55. The van der Waals surface area contributed by atoms with Gasteiger partial charge in [-0.3, -0.25) is 4.79 Å². The van der Waals surface area contributed by atoms with E-state index in [2.05, 4.69) is 15.1 Å². The number of rotatable bonds is 3. The molecule has 3 rings (SSSR count). The zero-order valence-electron chi connectivity index (χ0n) is 11.6. The number of H-pyrrole nitrogens is 1. The number of aromatic amines is 1. The van der Waals surface area contributed by atoms with Crippen molar-refractivity contribution >= 4 is 24.0 Å². The van der Waals surface area contributed by atoms with Crippen LogP contribution in [-0.2, 0) is 6.42 Å². The highest BCUT2D eigenvalue weighted by atomic mass is 35.5. The molecule has 0 aliphatic heterocycles. The third-order valence-electron chi connectivity index (χ3n) is 3.30. The maximum Gasteiger partial charge on any atom is 0.341 e. The van der Waals surface area contributed by atoms with Gasteiger partial charge in [0.1, 0.15) is 11.9 Å². The van der Waals surface area contributed by atoms with Gasteiger partial charge in [-0.2, -0.15) is 5.10 Å². The summed E-state index contributed by atoms with van der Waals surface area (Å²) in [6, 6.07) is 5.02. The number of pyridine rings is 2. The van der Waals surface area contributed by atoms with Gasteiger partial charge in [0.05, 0.1) is 5.69 Å². The summed E-state index contributed by atoms with van der Waals surface area (Å²) < 4.78 is 1.60. The molecule has 0 aromatic carbocycles. The third kappa shape index (κ3) is 2.58. The lowest BCUT2D eigenvalue weighted by molar-refractivity contribution is 0.0695. The van der Waals surface area contributed by atoms with Crippen LogP contribution < -0.4 is 5.56 Å². The first kappa shape index (κ1) is 15.7. The van der Waals surface area contributed by atoms with E-state index in [1.54, 1.807) is 16.8 Å². The molecule has 0 unspecified atom stereocenters. The van der Waals surface area contributed by atoms with E-state index in [4.69, 9.17) is 5.11 Å². The van der Waals surface area contributed by atoms with Crippen molar-refractivity contribution in [2.24, 2.45) is 0 Å². The van der Waals surface area contributed by atoms with Gasteiger partial charge < -0.3 is 10.1 Å². The number of halogens is 1. The number of fused-ring (bicyclic) bond motifs is 1. The topological polar surface area (TPSA) is 100 Å². The van der Waals surface area contributed by atoms with Gasteiger partial charge in [-0.25, -0.2) is 14.3 Å². The van der Waals surface area contributed by atoms with Crippen molar-refractivity contribution in [2.75, 3.05) is 0 Å². The third-order valence-corrected chi connectivity index (χ3v) is 3.30. The Labute approximate surface area is 131 Å². The van der Waals surface area contributed by atoms with Crippen LogP contribution in [0.15, 0.2) is 35.5 Å². The van der Waals surface area contributed by atoms with E-state index in [0.717, 1.165) is 11.1 Å². The Morgan fingerprint density at radius 3 is 2.86 bits per heavy atom. The number of aromatic nitrogens is 4. The standard InChI is InChI=1S/C14H12N4O3.ClH/c1-2-8-5-10(14(20)21)13(19)17-12(8)9-3-4-11-15-7-16-18(11)6-9;/h3-7H,2H2,1H3,(H,17,19)(H,20,21);1H. The normalized spacial score (nSPS) is 10.4. The van der Waals surface area contributed by atoms with Crippen LogP contribution in [0.3, 0.4) is 0 Å². The molecule has 7 nitrogen and oxygen atoms in total. The van der Waals surface area contributed by atoms with Crippen molar-refractivity contribution < 1.29 is 9.90 Å². The first-order valence-corrected chi connectivity index (χ1v) is 6.39. The van der Waals surface area contributed by atoms with Gasteiger partial charge in [-0.15, -0.1) is 12.4 Å². The Kier molecular flexibility index (Phi) is 4.27. The molecule has 0 spiro atoms. The zero-order chi connectivity index (χ0) is 15.0. The molecule has 22 heavy (non-hydrogen) atoms. The quantitative estimate of drug-likeness (QED) is 0.766. The molecule has 114 valence electrons. The molecular formula is C14H13ClN4O3. The van der Waals surface area contributed by atoms with Gasteiger partial charge in [0.2, 0.25) is 0 Å². The van der Waals surface area contributed by atoms with Gasteiger partial charge in [0, 0.05) is 11.8 Å². The van der Waals surface area contributed by atoms with Gasteiger partial charge >= 0.3 is 5.97 Å². The first-order chi connectivity index (χ1) is 10.1. The second-order valence-electron chi connectivity index (χ2n) is 4.55. The maximum atomic E-state index is 11.9. The summed E-state index contributed by atoms with van der Waals surface area (Å²) in [5, 5.41) is 13.1. The summed E-state index contributed by atoms with van der Waals surface area (Å²) in [4.78, 5) is 29.6. The minimum Gasteiger partial charge on any atom is -0.477 e. The molecule has 0 bridgehead atoms. The smallest absolute Gasteiger partial charge is 0.341 e. The number of carbonyl (C=O) groups is 1. The van der Waals surface area contributed by atoms with Crippen LogP contribution in [0.2, 0.25) is 0 Å². The molecule has 0 aliphatic carbocycles. The predicted molar refractivity (Wildman–Crippen MR) is 82.6 cm³/mol. The van der Waals surface area contributed by atoms with Crippen LogP contribution in [-0.4, -0.2) is 30.7 Å². The monoisotopic (exact) mass is 320 g/mol. The Bertz CT molecular complexity index is 900. The van der Waals surface area contributed by atoms with E-state index in [9.17, 15) is 9.59 Å². The number of carboxylic acids is 1. The molecule has 0 fully saturated rings. The maximum absolute atomic E-state index is 11.9. The number of nitrogens with zero attached hydrogens (tertiary/aromatic N) is 3. The lowest BCUT2D eigenvalue weighted by Crippen LogP contribution is -2.19. The number of carboxylic acid groups (broad SMARTS) is 1. The molecule has 2 N–H and O–H groups in total. The molecule has 0 amide bonds. The van der Waals surface area contributed by atoms with Crippen molar-refractivity contribution in [1.29, 1.82) is 0 Å². The van der Waals surface area contributed by atoms with Crippen molar-refractivity contribution in [2.45, 2.75) is 13.3 Å². The lowest BCUT2D eigenvalue weighted by Gasteiger charge is -2.09. The summed E-state index contributed by atoms with van der Waals surface area (Å²) in [5.41, 5.74) is 1.93. The molecule has 8 heteroatoms. The largest absolute Gasteiger partial charge is 0.477 e. The summed E-state index contributed by atoms with van der Waals surface area (Å²) in [5.74, 6) is -1.23. The van der Waals surface area contributed by atoms with Crippen LogP contribution in [0, 0.1) is 0 Å². The Morgan fingerprint density at radius 2 is 2.18 bits per heavy atom. The van der Waals surface area contributed by atoms with E-state index in [1.165, 1.54) is 12.4 Å². The fraction of sp³-hybridized carbons (Fsp3) is 0.143. The fourth-order valence-electron chi connectivity index (χ4n) is 2.23. The van der Waals surface area contributed by atoms with E-state index in [-0.39, 0.29) is 18.0 Å². The number of aromatic carboxylic acids is 1. The van der Waals surface area contributed by atoms with Crippen LogP contribution in [0.1, 0.15) is 22.8 Å². The van der Waals surface area contributed by atoms with Gasteiger partial charge in [-0.1, -0.05) is 6.92 Å². The molecule has 0 saturated heterocycles. The van der Waals surface area contributed by atoms with Crippen molar-refractivity contribution in [3.05, 3.63) is 52.2 Å². The summed E-state index contributed by atoms with van der Waals surface area (Å²) in [6.07, 6.45) is 3.78. The molecule has 0 saturated carbocycles. The Morgan fingerprint density at radius 1 is 1.41 bits per heavy atom. The van der Waals surface area contributed by atoms with E-state index in [0.29, 0.717) is 17.8 Å². The highest BCUT2D eigenvalue weighted by Crippen LogP contribution is 2.21. The molecular weight excluding hydrogens is 308 g/mol. The van der Waals surface area contributed by atoms with Crippen LogP contribution in [0.25, 0.3) is 16.9 Å². The minimum atomic E-state index is -1.23. The lowest BCUT2D eigenvalue weighted by atomic mass is 10.0. The molecule has 0 aliphatic rings. The SMILES string of the molecule is CCc1cc(C(=O)O)c(=O)[nH]c1-c1ccc2ncnn2c1.Cl. The molecule has 3 heterocycles. The van der Waals surface area contributed by atoms with Gasteiger partial charge in [-0.05, 0) is 30.2 Å². The summed E-state index contributed by atoms with van der Waals surface area (Å²) >= 11 is 0. The summed E-state index contributed by atoms with van der Waals surface area (Å²) in [6.45, 7) is 1.90. The fourth-order valence-corrected chi connectivity index (χ4v) is 2.23. The van der Waals surface area contributed by atoms with Crippen LogP contribution >= 0.6 is 12.4 Å². The highest BCUT2D eigenvalue weighted by Gasteiger charge is 2.14. The number of nitrogens with one attached hydrogen (secondary N) is 1. The van der Waals surface area contributed by atoms with E-state index < -0.39 is 11.5 Å². The number of hydrogen-bond donors (Lipinski definition) is 2. The Hall–Kier alpha value is -2.67. The summed E-state index contributed by atoms with van der Waals surface area (Å²) in [7, 11) is 0. The van der Waals surface area contributed by atoms with Crippen molar-refractivity contribution in [3.8, 4) is 11.3 Å². The van der Waals surface area contributed by atoms with Crippen molar-refractivity contribution in [3.63, 3.8) is 0 Å². The highest BCUT2D eigenvalue weighted by molar-refractivity contribution is 5.88. The average Bonchev–Trinajstić information content (AvgIpc) is 2.93. The van der Waals surface area contributed by atoms with Crippen molar-refractivity contribution in [1.82, 2.24) is 19.6 Å². The zero-order valence-corrected chi connectivity index (χ0v) is 12.4. The predicted octanol–water partition coefficient (Wildman–Crippen LogP) is 1.77. The van der Waals surface area contributed by atoms with E-state index >= 15 is 0 Å². The van der Waals surface area contributed by atoms with E-state index in [1.807, 2.05) is 13.0 Å². The van der Waals surface area contributed by atoms with Crippen LogP contribution in [0.4, 0.5) is 0 Å². The second kappa shape index (κ2) is 5.98. The molecule has 0 radical (unpaired) electrons. The average molecular weight is 321 g/mol. The van der Waals surface area contributed by atoms with Gasteiger partial charge in [0.15, 0.2) is 5.65 Å². The number of aryl methyl sites for hydroxylation is 1. The minimum absolute atomic E-state index is 0. The van der Waals surface area contributed by atoms with Crippen LogP contribution in [0.5, 0.6) is 0 Å². The molecule has 3 aromatic heterocycles. The number of hydrogen-bond acceptors (Lipinski definition) is 4. The first-order valence-electron chi connectivity index (χ1n) is 6.39. The molecule has 3 aromatic rings. The molecule has 0 atom stereocenters.